The number of carbonyl (C=O) groups excluding carboxylic acids is 1. The molecule has 0 aliphatic rings. The fourth-order valence-electron chi connectivity index (χ4n) is 1.48. The molecule has 114 valence electrons. The predicted octanol–water partition coefficient (Wildman–Crippen LogP) is 1.74. The fourth-order valence-corrected chi connectivity index (χ4v) is 1.48. The second-order valence-electron chi connectivity index (χ2n) is 5.32. The van der Waals surface area contributed by atoms with Crippen LogP contribution in [0.1, 0.15) is 40.5 Å². The van der Waals surface area contributed by atoms with E-state index in [1.54, 1.807) is 13.8 Å². The first-order valence-electron chi connectivity index (χ1n) is 7.01. The summed E-state index contributed by atoms with van der Waals surface area (Å²) in [4.78, 5) is 11.5. The van der Waals surface area contributed by atoms with Crippen molar-refractivity contribution >= 4 is 5.97 Å². The minimum absolute atomic E-state index is 0.352. The van der Waals surface area contributed by atoms with Crippen LogP contribution in [-0.2, 0) is 19.0 Å². The molecule has 19 heavy (non-hydrogen) atoms. The average molecular weight is 275 g/mol. The zero-order valence-electron chi connectivity index (χ0n) is 12.7. The van der Waals surface area contributed by atoms with Gasteiger partial charge in [0, 0.05) is 13.2 Å². The Kier molecular flexibility index (Phi) is 9.83. The van der Waals surface area contributed by atoms with Gasteiger partial charge < -0.3 is 19.9 Å². The fraction of sp³-hybridized carbons (Fsp3) is 0.929. The molecule has 0 rings (SSSR count). The van der Waals surface area contributed by atoms with Gasteiger partial charge in [-0.2, -0.15) is 0 Å². The molecule has 0 aliphatic heterocycles. The van der Waals surface area contributed by atoms with Gasteiger partial charge in [-0.3, -0.25) is 4.79 Å². The molecule has 0 aromatic heterocycles. The summed E-state index contributed by atoms with van der Waals surface area (Å²) in [6, 6.07) is 0. The smallest absolute Gasteiger partial charge is 0.325 e. The number of carbonyl (C=O) groups is 1. The molecule has 2 N–H and O–H groups in total. The zero-order valence-corrected chi connectivity index (χ0v) is 12.7. The van der Waals surface area contributed by atoms with Crippen LogP contribution in [0.25, 0.3) is 0 Å². The highest BCUT2D eigenvalue weighted by molar-refractivity contribution is 5.79. The molecule has 1 unspecified atom stereocenters. The Balaban J connectivity index is 3.50. The van der Waals surface area contributed by atoms with Crippen LogP contribution in [-0.4, -0.2) is 44.5 Å². The summed E-state index contributed by atoms with van der Waals surface area (Å²) in [5, 5.41) is 0. The molecule has 0 spiro atoms. The van der Waals surface area contributed by atoms with Gasteiger partial charge in [-0.25, -0.2) is 0 Å². The molecule has 0 aromatic carbocycles. The summed E-state index contributed by atoms with van der Waals surface area (Å²) in [6.45, 7) is 10.6. The van der Waals surface area contributed by atoms with Gasteiger partial charge in [0.1, 0.15) is 5.54 Å². The molecule has 5 heteroatoms. The van der Waals surface area contributed by atoms with Gasteiger partial charge in [-0.05, 0) is 32.6 Å². The van der Waals surface area contributed by atoms with Crippen molar-refractivity contribution in [3.8, 4) is 0 Å². The SMILES string of the molecule is CCOC(=O)C(C)(N)CCCOCCOCC(C)C. The lowest BCUT2D eigenvalue weighted by Gasteiger charge is -2.21. The monoisotopic (exact) mass is 275 g/mol. The van der Waals surface area contributed by atoms with Crippen LogP contribution >= 0.6 is 0 Å². The van der Waals surface area contributed by atoms with Crippen LogP contribution in [0.5, 0.6) is 0 Å². The zero-order chi connectivity index (χ0) is 14.7. The predicted molar refractivity (Wildman–Crippen MR) is 74.9 cm³/mol. The van der Waals surface area contributed by atoms with Gasteiger partial charge in [0.2, 0.25) is 0 Å². The molecule has 0 saturated heterocycles. The first-order valence-corrected chi connectivity index (χ1v) is 7.01. The summed E-state index contributed by atoms with van der Waals surface area (Å²) in [5.74, 6) is 0.192. The van der Waals surface area contributed by atoms with Crippen molar-refractivity contribution in [3.05, 3.63) is 0 Å². The van der Waals surface area contributed by atoms with E-state index in [4.69, 9.17) is 19.9 Å². The Morgan fingerprint density at radius 1 is 1.21 bits per heavy atom. The summed E-state index contributed by atoms with van der Waals surface area (Å²) in [7, 11) is 0. The maximum atomic E-state index is 11.5. The Labute approximate surface area is 116 Å². The van der Waals surface area contributed by atoms with Gasteiger partial charge in [-0.15, -0.1) is 0 Å². The molecule has 0 fully saturated rings. The lowest BCUT2D eigenvalue weighted by atomic mass is 9.98. The summed E-state index contributed by atoms with van der Waals surface area (Å²) in [5.41, 5.74) is 4.96. The average Bonchev–Trinajstić information content (AvgIpc) is 2.32. The number of ether oxygens (including phenoxy) is 3. The van der Waals surface area contributed by atoms with Crippen molar-refractivity contribution in [2.45, 2.75) is 46.1 Å². The first kappa shape index (κ1) is 18.4. The molecule has 0 saturated carbocycles. The summed E-state index contributed by atoms with van der Waals surface area (Å²) >= 11 is 0. The maximum Gasteiger partial charge on any atom is 0.325 e. The van der Waals surface area contributed by atoms with Crippen molar-refractivity contribution in [3.63, 3.8) is 0 Å². The highest BCUT2D eigenvalue weighted by Crippen LogP contribution is 2.11. The molecule has 0 heterocycles. The number of rotatable bonds is 11. The summed E-state index contributed by atoms with van der Waals surface area (Å²) in [6.07, 6.45) is 1.29. The van der Waals surface area contributed by atoms with Crippen molar-refractivity contribution in [1.29, 1.82) is 0 Å². The van der Waals surface area contributed by atoms with Crippen LogP contribution < -0.4 is 5.73 Å². The van der Waals surface area contributed by atoms with E-state index in [0.29, 0.717) is 38.8 Å². The minimum atomic E-state index is -0.923. The normalized spacial score (nSPS) is 14.4. The third kappa shape index (κ3) is 9.87. The lowest BCUT2D eigenvalue weighted by Crippen LogP contribution is -2.46. The van der Waals surface area contributed by atoms with Crippen LogP contribution in [0.2, 0.25) is 0 Å². The molecular weight excluding hydrogens is 246 g/mol. The van der Waals surface area contributed by atoms with E-state index in [0.717, 1.165) is 13.0 Å². The van der Waals surface area contributed by atoms with Crippen LogP contribution in [0.15, 0.2) is 0 Å². The Morgan fingerprint density at radius 2 is 1.84 bits per heavy atom. The number of nitrogens with two attached hydrogens (primary N) is 1. The highest BCUT2D eigenvalue weighted by atomic mass is 16.5. The van der Waals surface area contributed by atoms with Crippen molar-refractivity contribution < 1.29 is 19.0 Å². The number of hydrogen-bond acceptors (Lipinski definition) is 5. The first-order chi connectivity index (χ1) is 8.90. The van der Waals surface area contributed by atoms with E-state index in [1.807, 2.05) is 0 Å². The van der Waals surface area contributed by atoms with Crippen LogP contribution in [0, 0.1) is 5.92 Å². The van der Waals surface area contributed by atoms with E-state index in [2.05, 4.69) is 13.8 Å². The van der Waals surface area contributed by atoms with E-state index >= 15 is 0 Å². The van der Waals surface area contributed by atoms with Crippen molar-refractivity contribution in [2.75, 3.05) is 33.0 Å². The topological polar surface area (TPSA) is 70.8 Å². The highest BCUT2D eigenvalue weighted by Gasteiger charge is 2.29. The third-order valence-electron chi connectivity index (χ3n) is 2.55. The van der Waals surface area contributed by atoms with Gasteiger partial charge >= 0.3 is 5.97 Å². The molecule has 0 aliphatic carbocycles. The maximum absolute atomic E-state index is 11.5. The molecule has 0 radical (unpaired) electrons. The quantitative estimate of drug-likeness (QED) is 0.459. The van der Waals surface area contributed by atoms with Gasteiger partial charge in [0.05, 0.1) is 19.8 Å². The minimum Gasteiger partial charge on any atom is -0.465 e. The Hall–Kier alpha value is -0.650. The molecular formula is C14H29NO4. The summed E-state index contributed by atoms with van der Waals surface area (Å²) < 4.78 is 15.7. The molecule has 0 bridgehead atoms. The third-order valence-corrected chi connectivity index (χ3v) is 2.55. The number of esters is 1. The van der Waals surface area contributed by atoms with E-state index in [1.165, 1.54) is 0 Å². The molecule has 0 amide bonds. The van der Waals surface area contributed by atoms with E-state index in [-0.39, 0.29) is 5.97 Å². The van der Waals surface area contributed by atoms with Crippen LogP contribution in [0.4, 0.5) is 0 Å². The van der Waals surface area contributed by atoms with E-state index in [9.17, 15) is 4.79 Å². The molecule has 5 nitrogen and oxygen atoms in total. The van der Waals surface area contributed by atoms with Crippen molar-refractivity contribution in [2.24, 2.45) is 11.7 Å². The van der Waals surface area contributed by atoms with E-state index < -0.39 is 5.54 Å². The number of hydrogen-bond donors (Lipinski definition) is 1. The Morgan fingerprint density at radius 3 is 2.42 bits per heavy atom. The largest absolute Gasteiger partial charge is 0.465 e. The van der Waals surface area contributed by atoms with Crippen molar-refractivity contribution in [1.82, 2.24) is 0 Å². The second kappa shape index (κ2) is 10.2. The standard InChI is InChI=1S/C14H29NO4/c1-5-19-13(16)14(4,15)7-6-8-17-9-10-18-11-12(2)3/h12H,5-11,15H2,1-4H3. The van der Waals surface area contributed by atoms with Crippen LogP contribution in [0.3, 0.4) is 0 Å². The second-order valence-corrected chi connectivity index (χ2v) is 5.32. The van der Waals surface area contributed by atoms with Gasteiger partial charge in [0.15, 0.2) is 0 Å². The Bertz CT molecular complexity index is 242. The lowest BCUT2D eigenvalue weighted by molar-refractivity contribution is -0.149. The van der Waals surface area contributed by atoms with Gasteiger partial charge in [-0.1, -0.05) is 13.8 Å². The molecule has 1 atom stereocenters. The molecule has 0 aromatic rings. The van der Waals surface area contributed by atoms with Gasteiger partial charge in [0.25, 0.3) is 0 Å².